The van der Waals surface area contributed by atoms with Crippen molar-refractivity contribution in [3.63, 3.8) is 0 Å². The van der Waals surface area contributed by atoms with E-state index < -0.39 is 17.8 Å². The summed E-state index contributed by atoms with van der Waals surface area (Å²) >= 11 is 1.27. The first-order chi connectivity index (χ1) is 12.1. The van der Waals surface area contributed by atoms with Gasteiger partial charge < -0.3 is 10.4 Å². The van der Waals surface area contributed by atoms with E-state index in [1.54, 1.807) is 12.1 Å². The van der Waals surface area contributed by atoms with E-state index in [9.17, 15) is 14.7 Å². The number of carboxylic acid groups (broad SMARTS) is 1. The van der Waals surface area contributed by atoms with Gasteiger partial charge >= 0.3 is 5.97 Å². The molecule has 1 unspecified atom stereocenters. The highest BCUT2D eigenvalue weighted by molar-refractivity contribution is 7.14. The van der Waals surface area contributed by atoms with Crippen molar-refractivity contribution < 1.29 is 14.7 Å². The molecular formula is C19H16N2O3S. The number of aromatic nitrogens is 1. The summed E-state index contributed by atoms with van der Waals surface area (Å²) in [5.41, 5.74) is 2.49. The zero-order valence-corrected chi connectivity index (χ0v) is 14.1. The summed E-state index contributed by atoms with van der Waals surface area (Å²) in [7, 11) is 0. The SMILES string of the molecule is O=C(O)C(Cc1ccccc1)C(=O)Nc1nc(-c2ccccc2)cs1. The van der Waals surface area contributed by atoms with Crippen LogP contribution in [0.25, 0.3) is 11.3 Å². The lowest BCUT2D eigenvalue weighted by Crippen LogP contribution is -2.31. The minimum absolute atomic E-state index is 0.138. The molecule has 3 aromatic rings. The largest absolute Gasteiger partial charge is 0.481 e. The number of carbonyl (C=O) groups excluding carboxylic acids is 1. The van der Waals surface area contributed by atoms with E-state index in [0.717, 1.165) is 16.8 Å². The van der Waals surface area contributed by atoms with Gasteiger partial charge in [-0.15, -0.1) is 11.3 Å². The lowest BCUT2D eigenvalue weighted by atomic mass is 9.99. The van der Waals surface area contributed by atoms with Crippen molar-refractivity contribution in [1.82, 2.24) is 4.98 Å². The number of hydrogen-bond donors (Lipinski definition) is 2. The number of carboxylic acids is 1. The molecule has 1 atom stereocenters. The lowest BCUT2D eigenvalue weighted by molar-refractivity contribution is -0.145. The second-order valence-electron chi connectivity index (χ2n) is 5.47. The van der Waals surface area contributed by atoms with Crippen molar-refractivity contribution >= 4 is 28.3 Å². The van der Waals surface area contributed by atoms with Crippen molar-refractivity contribution in [3.05, 3.63) is 71.6 Å². The van der Waals surface area contributed by atoms with Gasteiger partial charge in [-0.3, -0.25) is 9.59 Å². The van der Waals surface area contributed by atoms with Crippen molar-refractivity contribution in [1.29, 1.82) is 0 Å². The predicted octanol–water partition coefficient (Wildman–Crippen LogP) is 3.69. The standard InChI is InChI=1S/C19H16N2O3S/c22-17(15(18(23)24)11-13-7-3-1-4-8-13)21-19-20-16(12-25-19)14-9-5-2-6-10-14/h1-10,12,15H,11H2,(H,23,24)(H,20,21,22). The third-order valence-corrected chi connectivity index (χ3v) is 4.46. The number of carbonyl (C=O) groups is 2. The molecular weight excluding hydrogens is 336 g/mol. The Hall–Kier alpha value is -2.99. The Bertz CT molecular complexity index is 863. The van der Waals surface area contributed by atoms with Gasteiger partial charge in [-0.2, -0.15) is 0 Å². The first-order valence-electron chi connectivity index (χ1n) is 7.72. The number of benzene rings is 2. The molecule has 1 amide bonds. The predicted molar refractivity (Wildman–Crippen MR) is 97.5 cm³/mol. The Morgan fingerprint density at radius 3 is 2.32 bits per heavy atom. The maximum Gasteiger partial charge on any atom is 0.316 e. The number of rotatable bonds is 6. The topological polar surface area (TPSA) is 79.3 Å². The van der Waals surface area contributed by atoms with Gasteiger partial charge in [0, 0.05) is 10.9 Å². The van der Waals surface area contributed by atoms with E-state index in [-0.39, 0.29) is 6.42 Å². The molecule has 5 nitrogen and oxygen atoms in total. The number of aliphatic carboxylic acids is 1. The lowest BCUT2D eigenvalue weighted by Gasteiger charge is -2.11. The highest BCUT2D eigenvalue weighted by Crippen LogP contribution is 2.25. The summed E-state index contributed by atoms with van der Waals surface area (Å²) in [5, 5.41) is 14.2. The smallest absolute Gasteiger partial charge is 0.316 e. The third kappa shape index (κ3) is 4.30. The molecule has 0 aliphatic rings. The Morgan fingerprint density at radius 2 is 1.68 bits per heavy atom. The zero-order chi connectivity index (χ0) is 17.6. The number of thiazole rings is 1. The summed E-state index contributed by atoms with van der Waals surface area (Å²) in [6.45, 7) is 0. The summed E-state index contributed by atoms with van der Waals surface area (Å²) in [5.74, 6) is -2.88. The van der Waals surface area contributed by atoms with Crippen LogP contribution in [-0.2, 0) is 16.0 Å². The summed E-state index contributed by atoms with van der Waals surface area (Å²) in [6, 6.07) is 18.7. The van der Waals surface area contributed by atoms with Crippen LogP contribution < -0.4 is 5.32 Å². The van der Waals surface area contributed by atoms with Gasteiger partial charge in [0.25, 0.3) is 0 Å². The monoisotopic (exact) mass is 352 g/mol. The molecule has 6 heteroatoms. The minimum Gasteiger partial charge on any atom is -0.481 e. The van der Waals surface area contributed by atoms with Gasteiger partial charge in [0.1, 0.15) is 5.92 Å². The van der Waals surface area contributed by atoms with Crippen LogP contribution in [0.4, 0.5) is 5.13 Å². The second kappa shape index (κ2) is 7.72. The van der Waals surface area contributed by atoms with Gasteiger partial charge in [-0.25, -0.2) is 4.98 Å². The molecule has 3 rings (SSSR count). The highest BCUT2D eigenvalue weighted by Gasteiger charge is 2.27. The van der Waals surface area contributed by atoms with E-state index >= 15 is 0 Å². The molecule has 0 saturated carbocycles. The quantitative estimate of drug-likeness (QED) is 0.663. The molecule has 0 saturated heterocycles. The van der Waals surface area contributed by atoms with Crippen molar-refractivity contribution in [2.75, 3.05) is 5.32 Å². The van der Waals surface area contributed by atoms with Crippen LogP contribution in [0.1, 0.15) is 5.56 Å². The van der Waals surface area contributed by atoms with Crippen LogP contribution in [0, 0.1) is 5.92 Å². The van der Waals surface area contributed by atoms with Crippen LogP contribution in [0.15, 0.2) is 66.0 Å². The van der Waals surface area contributed by atoms with Crippen LogP contribution >= 0.6 is 11.3 Å². The molecule has 0 bridgehead atoms. The molecule has 25 heavy (non-hydrogen) atoms. The molecule has 0 aliphatic heterocycles. The van der Waals surface area contributed by atoms with Crippen molar-refractivity contribution in [2.45, 2.75) is 6.42 Å². The normalized spacial score (nSPS) is 11.7. The van der Waals surface area contributed by atoms with E-state index in [1.807, 2.05) is 53.9 Å². The van der Waals surface area contributed by atoms with E-state index in [0.29, 0.717) is 5.13 Å². The Kier molecular flexibility index (Phi) is 5.20. The fourth-order valence-electron chi connectivity index (χ4n) is 2.41. The molecule has 1 heterocycles. The molecule has 0 fully saturated rings. The number of nitrogens with one attached hydrogen (secondary N) is 1. The van der Waals surface area contributed by atoms with Crippen molar-refractivity contribution in [2.24, 2.45) is 5.92 Å². The fraction of sp³-hybridized carbons (Fsp3) is 0.105. The molecule has 126 valence electrons. The number of amides is 1. The Labute approximate surface area is 149 Å². The van der Waals surface area contributed by atoms with Crippen LogP contribution in [-0.4, -0.2) is 22.0 Å². The number of anilines is 1. The zero-order valence-electron chi connectivity index (χ0n) is 13.3. The van der Waals surface area contributed by atoms with E-state index in [4.69, 9.17) is 0 Å². The molecule has 0 spiro atoms. The van der Waals surface area contributed by atoms with Gasteiger partial charge in [0.2, 0.25) is 5.91 Å². The first kappa shape index (κ1) is 16.9. The molecule has 2 aromatic carbocycles. The van der Waals surface area contributed by atoms with Gasteiger partial charge in [0.05, 0.1) is 5.69 Å². The minimum atomic E-state index is -1.16. The van der Waals surface area contributed by atoms with Crippen LogP contribution in [0.3, 0.4) is 0 Å². The van der Waals surface area contributed by atoms with Gasteiger partial charge in [-0.05, 0) is 12.0 Å². The highest BCUT2D eigenvalue weighted by atomic mass is 32.1. The van der Waals surface area contributed by atoms with Crippen LogP contribution in [0.2, 0.25) is 0 Å². The van der Waals surface area contributed by atoms with Gasteiger partial charge in [0.15, 0.2) is 5.13 Å². The number of nitrogens with zero attached hydrogens (tertiary/aromatic N) is 1. The first-order valence-corrected chi connectivity index (χ1v) is 8.60. The Balaban J connectivity index is 1.71. The maximum absolute atomic E-state index is 12.4. The maximum atomic E-state index is 12.4. The number of hydrogen-bond acceptors (Lipinski definition) is 4. The third-order valence-electron chi connectivity index (χ3n) is 3.70. The van der Waals surface area contributed by atoms with E-state index in [2.05, 4.69) is 10.3 Å². The van der Waals surface area contributed by atoms with Crippen LogP contribution in [0.5, 0.6) is 0 Å². The summed E-state index contributed by atoms with van der Waals surface area (Å²) in [6.07, 6.45) is 0.138. The fourth-order valence-corrected chi connectivity index (χ4v) is 3.13. The Morgan fingerprint density at radius 1 is 1.04 bits per heavy atom. The average Bonchev–Trinajstić information content (AvgIpc) is 3.09. The molecule has 1 aromatic heterocycles. The average molecular weight is 352 g/mol. The van der Waals surface area contributed by atoms with Gasteiger partial charge in [-0.1, -0.05) is 60.7 Å². The second-order valence-corrected chi connectivity index (χ2v) is 6.33. The molecule has 2 N–H and O–H groups in total. The molecule has 0 aliphatic carbocycles. The molecule has 0 radical (unpaired) electrons. The van der Waals surface area contributed by atoms with E-state index in [1.165, 1.54) is 11.3 Å². The summed E-state index contributed by atoms with van der Waals surface area (Å²) < 4.78 is 0. The summed E-state index contributed by atoms with van der Waals surface area (Å²) in [4.78, 5) is 28.2. The van der Waals surface area contributed by atoms with Crippen molar-refractivity contribution in [3.8, 4) is 11.3 Å².